The van der Waals surface area contributed by atoms with Crippen molar-refractivity contribution in [2.24, 2.45) is 4.99 Å². The van der Waals surface area contributed by atoms with Crippen LogP contribution < -0.4 is 10.0 Å². The zero-order chi connectivity index (χ0) is 13.4. The van der Waals surface area contributed by atoms with Crippen molar-refractivity contribution in [2.45, 2.75) is 26.2 Å². The van der Waals surface area contributed by atoms with Crippen molar-refractivity contribution >= 4 is 16.0 Å². The standard InChI is InChI=1S/C11H24N4O2S/c1-3-12-11(15-9-4-5-10-15)13-7-6-8-14-18(2,16)17/h14H,3-10H2,1-2H3,(H,12,13). The molecule has 0 atom stereocenters. The number of guanidine groups is 1. The first-order chi connectivity index (χ1) is 8.53. The highest BCUT2D eigenvalue weighted by Gasteiger charge is 2.14. The zero-order valence-electron chi connectivity index (χ0n) is 11.3. The van der Waals surface area contributed by atoms with Gasteiger partial charge in [0.15, 0.2) is 5.96 Å². The second-order valence-corrected chi connectivity index (χ2v) is 6.28. The highest BCUT2D eigenvalue weighted by atomic mass is 32.2. The van der Waals surface area contributed by atoms with E-state index in [1.54, 1.807) is 0 Å². The Kier molecular flexibility index (Phi) is 6.42. The Morgan fingerprint density at radius 1 is 1.33 bits per heavy atom. The first kappa shape index (κ1) is 15.2. The second kappa shape index (κ2) is 7.58. The molecule has 2 N–H and O–H groups in total. The van der Waals surface area contributed by atoms with Gasteiger partial charge in [0.2, 0.25) is 10.0 Å². The predicted molar refractivity (Wildman–Crippen MR) is 74.2 cm³/mol. The fourth-order valence-electron chi connectivity index (χ4n) is 1.88. The number of sulfonamides is 1. The third kappa shape index (κ3) is 6.20. The molecule has 0 amide bonds. The van der Waals surface area contributed by atoms with E-state index in [1.807, 2.05) is 0 Å². The Morgan fingerprint density at radius 2 is 2.00 bits per heavy atom. The van der Waals surface area contributed by atoms with E-state index in [0.29, 0.717) is 13.1 Å². The Morgan fingerprint density at radius 3 is 2.56 bits per heavy atom. The number of nitrogens with zero attached hydrogens (tertiary/aromatic N) is 2. The molecule has 0 bridgehead atoms. The lowest BCUT2D eigenvalue weighted by Gasteiger charge is -2.20. The van der Waals surface area contributed by atoms with E-state index in [2.05, 4.69) is 26.9 Å². The van der Waals surface area contributed by atoms with Gasteiger partial charge < -0.3 is 10.2 Å². The van der Waals surface area contributed by atoms with Gasteiger partial charge in [-0.05, 0) is 26.2 Å². The van der Waals surface area contributed by atoms with Crippen molar-refractivity contribution in [3.05, 3.63) is 0 Å². The fourth-order valence-corrected chi connectivity index (χ4v) is 2.39. The lowest BCUT2D eigenvalue weighted by Crippen LogP contribution is -2.39. The quantitative estimate of drug-likeness (QED) is 0.406. The second-order valence-electron chi connectivity index (χ2n) is 4.45. The number of hydrogen-bond acceptors (Lipinski definition) is 3. The van der Waals surface area contributed by atoms with Crippen molar-refractivity contribution in [3.63, 3.8) is 0 Å². The third-order valence-electron chi connectivity index (χ3n) is 2.70. The van der Waals surface area contributed by atoms with Crippen LogP contribution in [-0.2, 0) is 10.0 Å². The van der Waals surface area contributed by atoms with Gasteiger partial charge >= 0.3 is 0 Å². The minimum absolute atomic E-state index is 0.446. The molecule has 0 spiro atoms. The molecule has 1 fully saturated rings. The van der Waals surface area contributed by atoms with E-state index in [4.69, 9.17) is 0 Å². The molecule has 0 aromatic carbocycles. The van der Waals surface area contributed by atoms with Gasteiger partial charge in [0.05, 0.1) is 6.26 Å². The molecule has 0 unspecified atom stereocenters. The van der Waals surface area contributed by atoms with Gasteiger partial charge in [-0.25, -0.2) is 13.1 Å². The van der Waals surface area contributed by atoms with Crippen molar-refractivity contribution in [1.29, 1.82) is 0 Å². The molecule has 0 aliphatic carbocycles. The fraction of sp³-hybridized carbons (Fsp3) is 0.909. The van der Waals surface area contributed by atoms with Crippen molar-refractivity contribution in [2.75, 3.05) is 39.0 Å². The largest absolute Gasteiger partial charge is 0.357 e. The monoisotopic (exact) mass is 276 g/mol. The summed E-state index contributed by atoms with van der Waals surface area (Å²) >= 11 is 0. The smallest absolute Gasteiger partial charge is 0.208 e. The van der Waals surface area contributed by atoms with Crippen LogP contribution in [0.15, 0.2) is 4.99 Å². The van der Waals surface area contributed by atoms with Crippen LogP contribution >= 0.6 is 0 Å². The summed E-state index contributed by atoms with van der Waals surface area (Å²) in [6.07, 6.45) is 4.33. The van der Waals surface area contributed by atoms with Crippen LogP contribution in [0.25, 0.3) is 0 Å². The van der Waals surface area contributed by atoms with E-state index in [-0.39, 0.29) is 0 Å². The summed E-state index contributed by atoms with van der Waals surface area (Å²) < 4.78 is 24.2. The van der Waals surface area contributed by atoms with Crippen LogP contribution in [-0.4, -0.2) is 58.3 Å². The Bertz CT molecular complexity index is 361. The summed E-state index contributed by atoms with van der Waals surface area (Å²) in [5, 5.41) is 3.27. The first-order valence-corrected chi connectivity index (χ1v) is 8.40. The summed E-state index contributed by atoms with van der Waals surface area (Å²) in [6, 6.07) is 0. The normalized spacial score (nSPS) is 17.2. The maximum atomic E-state index is 10.9. The summed E-state index contributed by atoms with van der Waals surface area (Å²) in [5.41, 5.74) is 0. The number of likely N-dealkylation sites (tertiary alicyclic amines) is 1. The topological polar surface area (TPSA) is 73.8 Å². The molecule has 0 radical (unpaired) electrons. The molecule has 1 heterocycles. The van der Waals surface area contributed by atoms with E-state index >= 15 is 0 Å². The first-order valence-electron chi connectivity index (χ1n) is 6.51. The molecule has 7 heteroatoms. The molecule has 0 aromatic rings. The van der Waals surface area contributed by atoms with Crippen molar-refractivity contribution in [3.8, 4) is 0 Å². The van der Waals surface area contributed by atoms with Gasteiger partial charge in [-0.15, -0.1) is 0 Å². The molecule has 0 aromatic heterocycles. The predicted octanol–water partition coefficient (Wildman–Crippen LogP) is -0.0130. The number of rotatable bonds is 6. The summed E-state index contributed by atoms with van der Waals surface area (Å²) in [7, 11) is -3.08. The van der Waals surface area contributed by atoms with E-state index in [0.717, 1.165) is 32.0 Å². The highest BCUT2D eigenvalue weighted by Crippen LogP contribution is 2.07. The molecule has 1 aliphatic heterocycles. The molecule has 18 heavy (non-hydrogen) atoms. The molecular weight excluding hydrogens is 252 g/mol. The summed E-state index contributed by atoms with van der Waals surface area (Å²) in [5.74, 6) is 0.953. The molecule has 106 valence electrons. The van der Waals surface area contributed by atoms with Crippen LogP contribution in [0.5, 0.6) is 0 Å². The van der Waals surface area contributed by atoms with E-state index in [1.165, 1.54) is 19.1 Å². The van der Waals surface area contributed by atoms with E-state index < -0.39 is 10.0 Å². The average molecular weight is 276 g/mol. The SMILES string of the molecule is CCNC(=NCCCNS(C)(=O)=O)N1CCCC1. The Hall–Kier alpha value is -0.820. The molecule has 1 saturated heterocycles. The van der Waals surface area contributed by atoms with Crippen molar-refractivity contribution in [1.82, 2.24) is 14.9 Å². The number of hydrogen-bond donors (Lipinski definition) is 2. The lowest BCUT2D eigenvalue weighted by atomic mass is 10.4. The maximum absolute atomic E-state index is 10.9. The average Bonchev–Trinajstić information content (AvgIpc) is 2.79. The summed E-state index contributed by atoms with van der Waals surface area (Å²) in [6.45, 7) is 6.12. The van der Waals surface area contributed by atoms with Crippen LogP contribution in [0.4, 0.5) is 0 Å². The van der Waals surface area contributed by atoms with Gasteiger partial charge in [-0.3, -0.25) is 4.99 Å². The highest BCUT2D eigenvalue weighted by molar-refractivity contribution is 7.88. The third-order valence-corrected chi connectivity index (χ3v) is 3.43. The molecule has 1 aliphatic rings. The maximum Gasteiger partial charge on any atom is 0.208 e. The zero-order valence-corrected chi connectivity index (χ0v) is 12.1. The minimum atomic E-state index is -3.08. The molecule has 1 rings (SSSR count). The Labute approximate surface area is 110 Å². The molecule has 6 nitrogen and oxygen atoms in total. The van der Waals surface area contributed by atoms with Crippen LogP contribution in [0.3, 0.4) is 0 Å². The van der Waals surface area contributed by atoms with Gasteiger partial charge in [0.25, 0.3) is 0 Å². The van der Waals surface area contributed by atoms with Crippen molar-refractivity contribution < 1.29 is 8.42 Å². The van der Waals surface area contributed by atoms with Gasteiger partial charge in [0, 0.05) is 32.7 Å². The number of nitrogens with one attached hydrogen (secondary N) is 2. The minimum Gasteiger partial charge on any atom is -0.357 e. The number of aliphatic imine (C=N–C) groups is 1. The van der Waals surface area contributed by atoms with Gasteiger partial charge in [0.1, 0.15) is 0 Å². The molecular formula is C11H24N4O2S. The molecule has 0 saturated carbocycles. The van der Waals surface area contributed by atoms with Crippen LogP contribution in [0.2, 0.25) is 0 Å². The summed E-state index contributed by atoms with van der Waals surface area (Å²) in [4.78, 5) is 6.77. The van der Waals surface area contributed by atoms with Gasteiger partial charge in [-0.2, -0.15) is 0 Å². The Balaban J connectivity index is 2.31. The van der Waals surface area contributed by atoms with Crippen LogP contribution in [0.1, 0.15) is 26.2 Å². The van der Waals surface area contributed by atoms with E-state index in [9.17, 15) is 8.42 Å². The van der Waals surface area contributed by atoms with Crippen LogP contribution in [0, 0.1) is 0 Å². The van der Waals surface area contributed by atoms with Gasteiger partial charge in [-0.1, -0.05) is 0 Å². The lowest BCUT2D eigenvalue weighted by molar-refractivity contribution is 0.493.